The number of hydrogen-bond donors (Lipinski definition) is 2. The summed E-state index contributed by atoms with van der Waals surface area (Å²) in [6.45, 7) is 6.18. The number of rotatable bonds is 7. The lowest BCUT2D eigenvalue weighted by Gasteiger charge is -2.26. The Morgan fingerprint density at radius 3 is 2.23 bits per heavy atom. The van der Waals surface area contributed by atoms with Crippen LogP contribution in [-0.4, -0.2) is 48.5 Å². The summed E-state index contributed by atoms with van der Waals surface area (Å²) in [7, 11) is 4.14. The van der Waals surface area contributed by atoms with E-state index in [4.69, 9.17) is 0 Å². The molecular weight excluding hydrogens is 344 g/mol. The van der Waals surface area contributed by atoms with E-state index < -0.39 is 0 Å². The molecule has 0 fully saturated rings. The van der Waals surface area contributed by atoms with Crippen molar-refractivity contribution in [3.63, 3.8) is 0 Å². The van der Waals surface area contributed by atoms with Gasteiger partial charge in [-0.05, 0) is 88.7 Å². The Hall–Kier alpha value is -1.24. The number of aryl methyl sites for hydroxylation is 2. The first-order valence-corrected chi connectivity index (χ1v) is 10.5. The summed E-state index contributed by atoms with van der Waals surface area (Å²) in [6.07, 6.45) is 6.89. The SMILES string of the molecule is CC(C)N(CCN(C)C)SNC(=O)Nc1c2c(cc3c1CCC3)CCC2. The predicted molar refractivity (Wildman–Crippen MR) is 111 cm³/mol. The summed E-state index contributed by atoms with van der Waals surface area (Å²) in [5.41, 5.74) is 6.75. The van der Waals surface area contributed by atoms with Crippen LogP contribution in [0.2, 0.25) is 0 Å². The molecule has 0 aromatic heterocycles. The minimum atomic E-state index is -0.111. The second kappa shape index (κ2) is 8.63. The van der Waals surface area contributed by atoms with Gasteiger partial charge in [0.2, 0.25) is 0 Å². The summed E-state index contributed by atoms with van der Waals surface area (Å²) in [6, 6.07) is 2.65. The number of fused-ring (bicyclic) bond motifs is 2. The molecular formula is C20H32N4OS. The molecule has 0 aliphatic heterocycles. The maximum absolute atomic E-state index is 12.6. The van der Waals surface area contributed by atoms with E-state index in [0.717, 1.165) is 44.5 Å². The van der Waals surface area contributed by atoms with Crippen LogP contribution in [0.3, 0.4) is 0 Å². The highest BCUT2D eigenvalue weighted by molar-refractivity contribution is 7.95. The number of likely N-dealkylation sites (N-methyl/N-ethyl adjacent to an activating group) is 1. The predicted octanol–water partition coefficient (Wildman–Crippen LogP) is 3.62. The number of urea groups is 1. The lowest BCUT2D eigenvalue weighted by Crippen LogP contribution is -2.36. The summed E-state index contributed by atoms with van der Waals surface area (Å²) >= 11 is 1.41. The zero-order valence-corrected chi connectivity index (χ0v) is 17.3. The standard InChI is InChI=1S/C20H32N4OS/c1-14(2)24(12-11-23(3)4)26-22-20(25)21-19-17-9-5-7-15(17)13-16-8-6-10-18(16)19/h13-14H,5-12H2,1-4H3,(H2,21,22,25). The van der Waals surface area contributed by atoms with E-state index in [2.05, 4.69) is 53.3 Å². The van der Waals surface area contributed by atoms with Crippen LogP contribution in [0.5, 0.6) is 0 Å². The second-order valence-corrected chi connectivity index (χ2v) is 8.77. The van der Waals surface area contributed by atoms with Gasteiger partial charge in [0.1, 0.15) is 0 Å². The third-order valence-corrected chi connectivity index (χ3v) is 6.43. The van der Waals surface area contributed by atoms with Gasteiger partial charge < -0.3 is 10.2 Å². The average molecular weight is 377 g/mol. The van der Waals surface area contributed by atoms with Crippen molar-refractivity contribution < 1.29 is 4.79 Å². The van der Waals surface area contributed by atoms with Crippen LogP contribution < -0.4 is 10.0 Å². The zero-order chi connectivity index (χ0) is 18.7. The molecule has 1 aromatic rings. The highest BCUT2D eigenvalue weighted by atomic mass is 32.2. The molecule has 26 heavy (non-hydrogen) atoms. The minimum absolute atomic E-state index is 0.111. The quantitative estimate of drug-likeness (QED) is 0.714. The molecule has 6 heteroatoms. The molecule has 5 nitrogen and oxygen atoms in total. The fourth-order valence-corrected chi connectivity index (χ4v) is 4.55. The fourth-order valence-electron chi connectivity index (χ4n) is 3.91. The van der Waals surface area contributed by atoms with Crippen LogP contribution in [0.25, 0.3) is 0 Å². The van der Waals surface area contributed by atoms with E-state index in [0.29, 0.717) is 6.04 Å². The molecule has 2 aliphatic carbocycles. The number of carbonyl (C=O) groups is 1. The monoisotopic (exact) mass is 376 g/mol. The van der Waals surface area contributed by atoms with E-state index in [1.54, 1.807) is 0 Å². The smallest absolute Gasteiger partial charge is 0.308 e. The summed E-state index contributed by atoms with van der Waals surface area (Å²) in [5.74, 6) is 0. The third kappa shape index (κ3) is 4.53. The van der Waals surface area contributed by atoms with Crippen molar-refractivity contribution in [3.8, 4) is 0 Å². The van der Waals surface area contributed by atoms with E-state index in [-0.39, 0.29) is 6.03 Å². The van der Waals surface area contributed by atoms with Crippen molar-refractivity contribution >= 4 is 23.9 Å². The second-order valence-electron chi connectivity index (χ2n) is 7.92. The maximum Gasteiger partial charge on any atom is 0.330 e. The Morgan fingerprint density at radius 1 is 1.08 bits per heavy atom. The van der Waals surface area contributed by atoms with Gasteiger partial charge in [-0.1, -0.05) is 6.07 Å². The molecule has 0 radical (unpaired) electrons. The Labute approximate surface area is 162 Å². The van der Waals surface area contributed by atoms with Crippen LogP contribution in [0.4, 0.5) is 10.5 Å². The van der Waals surface area contributed by atoms with Crippen molar-refractivity contribution in [2.24, 2.45) is 0 Å². The van der Waals surface area contributed by atoms with Crippen LogP contribution in [0, 0.1) is 0 Å². The minimum Gasteiger partial charge on any atom is -0.308 e. The largest absolute Gasteiger partial charge is 0.330 e. The van der Waals surface area contributed by atoms with Crippen molar-refractivity contribution in [1.82, 2.24) is 13.9 Å². The van der Waals surface area contributed by atoms with Crippen LogP contribution >= 0.6 is 12.1 Å². The van der Waals surface area contributed by atoms with Crippen molar-refractivity contribution in [2.45, 2.75) is 58.4 Å². The normalized spacial score (nSPS) is 15.7. The van der Waals surface area contributed by atoms with Gasteiger partial charge >= 0.3 is 6.03 Å². The summed E-state index contributed by atoms with van der Waals surface area (Å²) in [4.78, 5) is 14.8. The highest BCUT2D eigenvalue weighted by Gasteiger charge is 2.25. The van der Waals surface area contributed by atoms with Gasteiger partial charge in [-0.15, -0.1) is 0 Å². The summed E-state index contributed by atoms with van der Waals surface area (Å²) in [5, 5.41) is 3.19. The average Bonchev–Trinajstić information content (AvgIpc) is 3.22. The number of hydrogen-bond acceptors (Lipinski definition) is 4. The molecule has 0 bridgehead atoms. The van der Waals surface area contributed by atoms with Crippen molar-refractivity contribution in [1.29, 1.82) is 0 Å². The Balaban J connectivity index is 1.64. The lowest BCUT2D eigenvalue weighted by atomic mass is 9.99. The molecule has 0 unspecified atom stereocenters. The first-order chi connectivity index (χ1) is 12.5. The van der Waals surface area contributed by atoms with Gasteiger partial charge in [-0.2, -0.15) is 0 Å². The van der Waals surface area contributed by atoms with E-state index in [1.807, 2.05) is 0 Å². The van der Waals surface area contributed by atoms with Crippen molar-refractivity contribution in [3.05, 3.63) is 28.3 Å². The zero-order valence-electron chi connectivity index (χ0n) is 16.5. The van der Waals surface area contributed by atoms with Crippen LogP contribution in [0.1, 0.15) is 48.9 Å². The van der Waals surface area contributed by atoms with E-state index in [1.165, 1.54) is 47.2 Å². The molecule has 1 aromatic carbocycles. The van der Waals surface area contributed by atoms with Gasteiger partial charge in [-0.25, -0.2) is 9.10 Å². The van der Waals surface area contributed by atoms with Gasteiger partial charge in [0.25, 0.3) is 0 Å². The van der Waals surface area contributed by atoms with Gasteiger partial charge in [0.15, 0.2) is 0 Å². The number of amides is 2. The molecule has 0 spiro atoms. The Bertz CT molecular complexity index is 627. The first kappa shape index (κ1) is 19.5. The van der Waals surface area contributed by atoms with Crippen LogP contribution in [0.15, 0.2) is 6.07 Å². The van der Waals surface area contributed by atoms with E-state index >= 15 is 0 Å². The molecule has 3 rings (SSSR count). The molecule has 0 heterocycles. The van der Waals surface area contributed by atoms with Gasteiger partial charge in [0, 0.05) is 37.0 Å². The lowest BCUT2D eigenvalue weighted by molar-refractivity contribution is 0.256. The molecule has 0 saturated carbocycles. The topological polar surface area (TPSA) is 47.6 Å². The molecule has 0 saturated heterocycles. The molecule has 2 aliphatic rings. The maximum atomic E-state index is 12.6. The number of anilines is 1. The van der Waals surface area contributed by atoms with Crippen molar-refractivity contribution in [2.75, 3.05) is 32.5 Å². The molecule has 2 amide bonds. The van der Waals surface area contributed by atoms with Crippen LogP contribution in [-0.2, 0) is 25.7 Å². The number of carbonyl (C=O) groups excluding carboxylic acids is 1. The fraction of sp³-hybridized carbons (Fsp3) is 0.650. The third-order valence-electron chi connectivity index (χ3n) is 5.31. The number of benzene rings is 1. The molecule has 2 N–H and O–H groups in total. The number of nitrogens with one attached hydrogen (secondary N) is 2. The van der Waals surface area contributed by atoms with Gasteiger partial charge in [0.05, 0.1) is 0 Å². The van der Waals surface area contributed by atoms with Gasteiger partial charge in [-0.3, -0.25) is 4.72 Å². The first-order valence-electron chi connectivity index (χ1n) is 9.77. The summed E-state index contributed by atoms with van der Waals surface area (Å²) < 4.78 is 5.20. The highest BCUT2D eigenvalue weighted by Crippen LogP contribution is 2.38. The Kier molecular flexibility index (Phi) is 6.48. The number of nitrogens with zero attached hydrogens (tertiary/aromatic N) is 2. The molecule has 144 valence electrons. The Morgan fingerprint density at radius 2 is 1.69 bits per heavy atom. The molecule has 0 atom stereocenters. The van der Waals surface area contributed by atoms with E-state index in [9.17, 15) is 4.79 Å².